The first kappa shape index (κ1) is 16.3. The lowest BCUT2D eigenvalue weighted by atomic mass is 10.0. The Hall–Kier alpha value is -1.76. The van der Waals surface area contributed by atoms with Crippen molar-refractivity contribution < 1.29 is 28.9 Å². The first-order valence-corrected chi connectivity index (χ1v) is 6.56. The molecule has 0 aliphatic carbocycles. The van der Waals surface area contributed by atoms with E-state index in [4.69, 9.17) is 19.3 Å². The third-order valence-corrected chi connectivity index (χ3v) is 3.34. The fourth-order valence-corrected chi connectivity index (χ4v) is 2.16. The van der Waals surface area contributed by atoms with E-state index in [9.17, 15) is 9.59 Å². The summed E-state index contributed by atoms with van der Waals surface area (Å²) >= 11 is 3.07. The normalized spacial score (nSPS) is 11.6. The highest BCUT2D eigenvalue weighted by Crippen LogP contribution is 2.36. The van der Waals surface area contributed by atoms with Crippen LogP contribution in [0.4, 0.5) is 0 Å². The smallest absolute Gasteiger partial charge is 0.304 e. The number of ether oxygens (including phenoxy) is 3. The number of carbonyl (C=O) groups is 2. The second-order valence-electron chi connectivity index (χ2n) is 3.84. The number of ketones is 1. The van der Waals surface area contributed by atoms with Crippen molar-refractivity contribution in [2.75, 3.05) is 21.3 Å². The van der Waals surface area contributed by atoms with E-state index in [1.54, 1.807) is 0 Å². The SMILES string of the molecule is COc1cc(OC)c(C(=O)C(Br)CC(=O)O)c(OC)c1. The van der Waals surface area contributed by atoms with E-state index in [1.807, 2.05) is 0 Å². The van der Waals surface area contributed by atoms with E-state index in [2.05, 4.69) is 15.9 Å². The zero-order valence-corrected chi connectivity index (χ0v) is 12.9. The molecule has 1 aromatic carbocycles. The summed E-state index contributed by atoms with van der Waals surface area (Å²) in [4.78, 5) is 22.2. The predicted octanol–water partition coefficient (Wildman–Crippen LogP) is 2.13. The van der Waals surface area contributed by atoms with E-state index in [0.29, 0.717) is 5.75 Å². The van der Waals surface area contributed by atoms with Crippen LogP contribution >= 0.6 is 15.9 Å². The summed E-state index contributed by atoms with van der Waals surface area (Å²) in [6.45, 7) is 0. The lowest BCUT2D eigenvalue weighted by Crippen LogP contribution is -2.19. The number of halogens is 1. The molecule has 7 heteroatoms. The van der Waals surface area contributed by atoms with Crippen molar-refractivity contribution in [1.82, 2.24) is 0 Å². The average molecular weight is 347 g/mol. The van der Waals surface area contributed by atoms with Gasteiger partial charge in [0.1, 0.15) is 22.8 Å². The predicted molar refractivity (Wildman–Crippen MR) is 75.4 cm³/mol. The molecule has 6 nitrogen and oxygen atoms in total. The van der Waals surface area contributed by atoms with Crippen molar-refractivity contribution in [3.05, 3.63) is 17.7 Å². The summed E-state index contributed by atoms with van der Waals surface area (Å²) in [5, 5.41) is 8.75. The van der Waals surface area contributed by atoms with Gasteiger partial charge in [0.05, 0.1) is 32.6 Å². The Morgan fingerprint density at radius 2 is 1.65 bits per heavy atom. The molecule has 0 aromatic heterocycles. The van der Waals surface area contributed by atoms with Gasteiger partial charge in [0.15, 0.2) is 5.78 Å². The van der Waals surface area contributed by atoms with Crippen LogP contribution < -0.4 is 14.2 Å². The van der Waals surface area contributed by atoms with Gasteiger partial charge in [-0.05, 0) is 0 Å². The Balaban J connectivity index is 3.27. The highest BCUT2D eigenvalue weighted by molar-refractivity contribution is 9.10. The standard InChI is InChI=1S/C13H15BrO6/c1-18-7-4-9(19-2)12(10(5-7)20-3)13(17)8(14)6-11(15)16/h4-5,8H,6H2,1-3H3,(H,15,16). The number of alkyl halides is 1. The second-order valence-corrected chi connectivity index (χ2v) is 4.94. The molecule has 0 aliphatic rings. The summed E-state index contributed by atoms with van der Waals surface area (Å²) in [5.41, 5.74) is 0.180. The number of Topliss-reactive ketones (excluding diaryl/α,β-unsaturated/α-hetero) is 1. The van der Waals surface area contributed by atoms with Crippen LogP contribution in [0.25, 0.3) is 0 Å². The van der Waals surface area contributed by atoms with Crippen molar-refractivity contribution in [2.24, 2.45) is 0 Å². The van der Waals surface area contributed by atoms with Gasteiger partial charge in [-0.1, -0.05) is 15.9 Å². The molecule has 1 aromatic rings. The summed E-state index contributed by atoms with van der Waals surface area (Å²) in [7, 11) is 4.30. The number of carboxylic acids is 1. The Morgan fingerprint density at radius 1 is 1.15 bits per heavy atom. The molecular formula is C13H15BrO6. The zero-order valence-electron chi connectivity index (χ0n) is 11.3. The molecule has 0 saturated heterocycles. The Morgan fingerprint density at radius 3 is 2.00 bits per heavy atom. The number of aliphatic carboxylic acids is 1. The van der Waals surface area contributed by atoms with Crippen LogP contribution in [-0.2, 0) is 4.79 Å². The van der Waals surface area contributed by atoms with Crippen LogP contribution in [0, 0.1) is 0 Å². The monoisotopic (exact) mass is 346 g/mol. The van der Waals surface area contributed by atoms with Gasteiger partial charge in [0.2, 0.25) is 0 Å². The second kappa shape index (κ2) is 7.14. The minimum atomic E-state index is -1.08. The van der Waals surface area contributed by atoms with Gasteiger partial charge in [-0.3, -0.25) is 9.59 Å². The van der Waals surface area contributed by atoms with Gasteiger partial charge in [-0.2, -0.15) is 0 Å². The molecule has 110 valence electrons. The molecule has 0 spiro atoms. The molecule has 1 unspecified atom stereocenters. The fraction of sp³-hybridized carbons (Fsp3) is 0.385. The number of benzene rings is 1. The van der Waals surface area contributed by atoms with Crippen molar-refractivity contribution >= 4 is 27.7 Å². The number of methoxy groups -OCH3 is 3. The molecule has 0 radical (unpaired) electrons. The molecule has 0 amide bonds. The average Bonchev–Trinajstić information content (AvgIpc) is 2.43. The lowest BCUT2D eigenvalue weighted by Gasteiger charge is -2.15. The maximum atomic E-state index is 12.3. The third kappa shape index (κ3) is 3.63. The molecule has 0 bridgehead atoms. The Labute approximate surface area is 124 Å². The summed E-state index contributed by atoms with van der Waals surface area (Å²) in [5.74, 6) is -0.503. The summed E-state index contributed by atoms with van der Waals surface area (Å²) in [6.07, 6.45) is -0.336. The van der Waals surface area contributed by atoms with Crippen molar-refractivity contribution in [2.45, 2.75) is 11.2 Å². The van der Waals surface area contributed by atoms with Crippen LogP contribution in [0.2, 0.25) is 0 Å². The highest BCUT2D eigenvalue weighted by Gasteiger charge is 2.27. The van der Waals surface area contributed by atoms with Crippen LogP contribution in [0.15, 0.2) is 12.1 Å². The largest absolute Gasteiger partial charge is 0.496 e. The summed E-state index contributed by atoms with van der Waals surface area (Å²) in [6, 6.07) is 3.08. The number of carbonyl (C=O) groups excluding carboxylic acids is 1. The maximum Gasteiger partial charge on any atom is 0.304 e. The molecule has 0 saturated carbocycles. The maximum absolute atomic E-state index is 12.3. The highest BCUT2D eigenvalue weighted by atomic mass is 79.9. The minimum absolute atomic E-state index is 0.180. The van der Waals surface area contributed by atoms with Crippen LogP contribution in [0.1, 0.15) is 16.8 Å². The van der Waals surface area contributed by atoms with Crippen LogP contribution in [-0.4, -0.2) is 43.0 Å². The van der Waals surface area contributed by atoms with Crippen molar-refractivity contribution in [3.63, 3.8) is 0 Å². The number of hydrogen-bond acceptors (Lipinski definition) is 5. The van der Waals surface area contributed by atoms with Gasteiger partial charge in [0, 0.05) is 12.1 Å². The van der Waals surface area contributed by atoms with E-state index < -0.39 is 16.6 Å². The van der Waals surface area contributed by atoms with Crippen molar-refractivity contribution in [1.29, 1.82) is 0 Å². The third-order valence-electron chi connectivity index (χ3n) is 2.60. The molecule has 20 heavy (non-hydrogen) atoms. The molecule has 0 heterocycles. The van der Waals surface area contributed by atoms with E-state index in [1.165, 1.54) is 33.5 Å². The van der Waals surface area contributed by atoms with Gasteiger partial charge in [-0.25, -0.2) is 0 Å². The van der Waals surface area contributed by atoms with Gasteiger partial charge in [0.25, 0.3) is 0 Å². The Kier molecular flexibility index (Phi) is 5.82. The van der Waals surface area contributed by atoms with E-state index >= 15 is 0 Å². The van der Waals surface area contributed by atoms with E-state index in [0.717, 1.165) is 0 Å². The first-order valence-electron chi connectivity index (χ1n) is 5.64. The molecular weight excluding hydrogens is 332 g/mol. The topological polar surface area (TPSA) is 82.1 Å². The minimum Gasteiger partial charge on any atom is -0.496 e. The van der Waals surface area contributed by atoms with E-state index in [-0.39, 0.29) is 23.5 Å². The zero-order chi connectivity index (χ0) is 15.3. The first-order chi connectivity index (χ1) is 9.44. The molecule has 1 N–H and O–H groups in total. The number of rotatable bonds is 7. The van der Waals surface area contributed by atoms with Gasteiger partial charge < -0.3 is 19.3 Å². The molecule has 0 aliphatic heterocycles. The lowest BCUT2D eigenvalue weighted by molar-refractivity contribution is -0.136. The molecule has 1 atom stereocenters. The number of carboxylic acid groups (broad SMARTS) is 1. The fourth-order valence-electron chi connectivity index (χ4n) is 1.65. The molecule has 1 rings (SSSR count). The summed E-state index contributed by atoms with van der Waals surface area (Å²) < 4.78 is 15.4. The quantitative estimate of drug-likeness (QED) is 0.601. The van der Waals surface area contributed by atoms with Gasteiger partial charge in [-0.15, -0.1) is 0 Å². The molecule has 0 fully saturated rings. The van der Waals surface area contributed by atoms with Crippen molar-refractivity contribution in [3.8, 4) is 17.2 Å². The van der Waals surface area contributed by atoms with Gasteiger partial charge >= 0.3 is 5.97 Å². The van der Waals surface area contributed by atoms with Crippen LogP contribution in [0.5, 0.6) is 17.2 Å². The number of hydrogen-bond donors (Lipinski definition) is 1. The van der Waals surface area contributed by atoms with Crippen LogP contribution in [0.3, 0.4) is 0 Å². The Bertz CT molecular complexity index is 489.